The smallest absolute Gasteiger partial charge is 0.158 e. The van der Waals surface area contributed by atoms with Gasteiger partial charge in [-0.15, -0.1) is 11.6 Å². The van der Waals surface area contributed by atoms with Gasteiger partial charge in [-0.25, -0.2) is 4.98 Å². The van der Waals surface area contributed by atoms with Crippen LogP contribution in [0.5, 0.6) is 0 Å². The molecule has 6 nitrogen and oxygen atoms in total. The number of imidazole rings is 1. The summed E-state index contributed by atoms with van der Waals surface area (Å²) < 4.78 is 6.00. The van der Waals surface area contributed by atoms with E-state index < -0.39 is 0 Å². The average molecular weight is 307 g/mol. The van der Waals surface area contributed by atoms with Crippen molar-refractivity contribution in [1.82, 2.24) is 29.1 Å². The number of aromatic nitrogens is 6. The lowest BCUT2D eigenvalue weighted by Crippen LogP contribution is -2.10. The number of fused-ring (bicyclic) bond motifs is 1. The Kier molecular flexibility index (Phi) is 3.71. The summed E-state index contributed by atoms with van der Waals surface area (Å²) >= 11 is 6.29. The molecule has 3 rings (SSSR count). The molecule has 0 aliphatic heterocycles. The van der Waals surface area contributed by atoms with E-state index in [1.807, 2.05) is 42.5 Å². The molecule has 0 fully saturated rings. The first-order chi connectivity index (χ1) is 10.1. The monoisotopic (exact) mass is 306 g/mol. The maximum absolute atomic E-state index is 6.29. The van der Waals surface area contributed by atoms with Crippen molar-refractivity contribution in [2.45, 2.75) is 38.7 Å². The van der Waals surface area contributed by atoms with Crippen LogP contribution in [0.3, 0.4) is 0 Å². The van der Waals surface area contributed by atoms with Gasteiger partial charge in [0.05, 0.1) is 11.1 Å². The summed E-state index contributed by atoms with van der Waals surface area (Å²) in [4.78, 5) is 4.67. The number of aryl methyl sites for hydroxylation is 4. The predicted molar refractivity (Wildman–Crippen MR) is 82.3 cm³/mol. The van der Waals surface area contributed by atoms with E-state index in [1.54, 1.807) is 6.20 Å². The summed E-state index contributed by atoms with van der Waals surface area (Å²) in [5.41, 5.74) is 2.92. The van der Waals surface area contributed by atoms with Gasteiger partial charge < -0.3 is 4.57 Å². The standard InChI is InChI=1S/C14H19ClN6/c1-10(15)13-17-12-11(2)18-19(3)14(12)21(13)9-5-8-20-7-4-6-16-20/h4,6-7,10H,5,8-9H2,1-3H3. The lowest BCUT2D eigenvalue weighted by molar-refractivity contribution is 0.517. The Bertz CT molecular complexity index is 737. The number of nitrogens with zero attached hydrogens (tertiary/aromatic N) is 6. The highest BCUT2D eigenvalue weighted by Crippen LogP contribution is 2.26. The van der Waals surface area contributed by atoms with Crippen LogP contribution in [-0.4, -0.2) is 29.1 Å². The van der Waals surface area contributed by atoms with E-state index in [0.717, 1.165) is 42.2 Å². The van der Waals surface area contributed by atoms with E-state index in [1.165, 1.54) is 0 Å². The first-order valence-corrected chi connectivity index (χ1v) is 7.53. The lowest BCUT2D eigenvalue weighted by atomic mass is 10.3. The van der Waals surface area contributed by atoms with Crippen LogP contribution in [0.25, 0.3) is 11.2 Å². The van der Waals surface area contributed by atoms with Crippen LogP contribution >= 0.6 is 11.6 Å². The largest absolute Gasteiger partial charge is 0.312 e. The minimum absolute atomic E-state index is 0.124. The Morgan fingerprint density at radius 2 is 2.14 bits per heavy atom. The number of hydrogen-bond acceptors (Lipinski definition) is 3. The van der Waals surface area contributed by atoms with Gasteiger partial charge in [-0.05, 0) is 26.3 Å². The van der Waals surface area contributed by atoms with Gasteiger partial charge in [0.15, 0.2) is 5.65 Å². The van der Waals surface area contributed by atoms with Gasteiger partial charge in [0.2, 0.25) is 0 Å². The molecular formula is C14H19ClN6. The molecular weight excluding hydrogens is 288 g/mol. The van der Waals surface area contributed by atoms with Gasteiger partial charge in [-0.3, -0.25) is 9.36 Å². The molecule has 7 heteroatoms. The van der Waals surface area contributed by atoms with Gasteiger partial charge in [0.25, 0.3) is 0 Å². The van der Waals surface area contributed by atoms with E-state index >= 15 is 0 Å². The molecule has 0 saturated carbocycles. The Hall–Kier alpha value is -1.82. The SMILES string of the molecule is Cc1nn(C)c2c1nc(C(C)Cl)n2CCCn1cccn1. The second-order valence-electron chi connectivity index (χ2n) is 5.24. The van der Waals surface area contributed by atoms with Gasteiger partial charge >= 0.3 is 0 Å². The fourth-order valence-corrected chi connectivity index (χ4v) is 2.87. The fourth-order valence-electron chi connectivity index (χ4n) is 2.70. The van der Waals surface area contributed by atoms with E-state index in [4.69, 9.17) is 11.6 Å². The highest BCUT2D eigenvalue weighted by Gasteiger charge is 2.19. The molecule has 1 atom stereocenters. The molecule has 3 aromatic heterocycles. The van der Waals surface area contributed by atoms with Crippen molar-refractivity contribution >= 4 is 22.8 Å². The molecule has 1 unspecified atom stereocenters. The molecule has 0 aliphatic rings. The average Bonchev–Trinajstić information content (AvgIpc) is 3.10. The first kappa shape index (κ1) is 14.1. The van der Waals surface area contributed by atoms with E-state index in [-0.39, 0.29) is 5.38 Å². The summed E-state index contributed by atoms with van der Waals surface area (Å²) in [5.74, 6) is 0.906. The zero-order valence-corrected chi connectivity index (χ0v) is 13.2. The number of halogens is 1. The molecule has 0 N–H and O–H groups in total. The zero-order valence-electron chi connectivity index (χ0n) is 12.5. The Morgan fingerprint density at radius 3 is 2.81 bits per heavy atom. The van der Waals surface area contributed by atoms with E-state index in [9.17, 15) is 0 Å². The van der Waals surface area contributed by atoms with Gasteiger partial charge in [0.1, 0.15) is 11.3 Å². The Morgan fingerprint density at radius 1 is 1.33 bits per heavy atom. The summed E-state index contributed by atoms with van der Waals surface area (Å²) in [5, 5.41) is 8.54. The third kappa shape index (κ3) is 2.55. The topological polar surface area (TPSA) is 53.5 Å². The lowest BCUT2D eigenvalue weighted by Gasteiger charge is -2.11. The minimum Gasteiger partial charge on any atom is -0.312 e. The van der Waals surface area contributed by atoms with Crippen LogP contribution in [0, 0.1) is 6.92 Å². The van der Waals surface area contributed by atoms with Crippen molar-refractivity contribution in [3.63, 3.8) is 0 Å². The minimum atomic E-state index is -0.124. The van der Waals surface area contributed by atoms with Crippen molar-refractivity contribution in [1.29, 1.82) is 0 Å². The van der Waals surface area contributed by atoms with Crippen LogP contribution in [0.15, 0.2) is 18.5 Å². The molecule has 0 aliphatic carbocycles. The maximum atomic E-state index is 6.29. The predicted octanol–water partition coefficient (Wildman–Crippen LogP) is 2.66. The van der Waals surface area contributed by atoms with Gasteiger partial charge in [-0.1, -0.05) is 0 Å². The Labute approximate surface area is 128 Å². The molecule has 0 amide bonds. The molecule has 0 bridgehead atoms. The second-order valence-corrected chi connectivity index (χ2v) is 5.90. The van der Waals surface area contributed by atoms with Gasteiger partial charge in [0, 0.05) is 32.5 Å². The molecule has 3 heterocycles. The van der Waals surface area contributed by atoms with Crippen molar-refractivity contribution in [3.05, 3.63) is 30.0 Å². The molecule has 0 saturated heterocycles. The Balaban J connectivity index is 1.89. The van der Waals surface area contributed by atoms with E-state index in [0.29, 0.717) is 0 Å². The van der Waals surface area contributed by atoms with Crippen LogP contribution in [0.1, 0.15) is 30.2 Å². The van der Waals surface area contributed by atoms with E-state index in [2.05, 4.69) is 19.7 Å². The van der Waals surface area contributed by atoms with Crippen LogP contribution in [-0.2, 0) is 20.1 Å². The third-order valence-corrected chi connectivity index (χ3v) is 3.80. The number of hydrogen-bond donors (Lipinski definition) is 0. The van der Waals surface area contributed by atoms with Crippen LogP contribution in [0.2, 0.25) is 0 Å². The summed E-state index contributed by atoms with van der Waals surface area (Å²) in [6, 6.07) is 1.94. The van der Waals surface area contributed by atoms with Crippen molar-refractivity contribution in [2.75, 3.05) is 0 Å². The fraction of sp³-hybridized carbons (Fsp3) is 0.500. The molecule has 0 radical (unpaired) electrons. The maximum Gasteiger partial charge on any atom is 0.158 e. The molecule has 0 aromatic carbocycles. The number of rotatable bonds is 5. The summed E-state index contributed by atoms with van der Waals surface area (Å²) in [6.45, 7) is 5.66. The molecule has 21 heavy (non-hydrogen) atoms. The summed E-state index contributed by atoms with van der Waals surface area (Å²) in [6.07, 6.45) is 4.74. The summed E-state index contributed by atoms with van der Waals surface area (Å²) in [7, 11) is 1.95. The highest BCUT2D eigenvalue weighted by atomic mass is 35.5. The van der Waals surface area contributed by atoms with Gasteiger partial charge in [-0.2, -0.15) is 10.2 Å². The molecule has 3 aromatic rings. The molecule has 112 valence electrons. The van der Waals surface area contributed by atoms with Crippen LogP contribution in [0.4, 0.5) is 0 Å². The normalized spacial score (nSPS) is 13.1. The second kappa shape index (κ2) is 5.52. The quantitative estimate of drug-likeness (QED) is 0.681. The highest BCUT2D eigenvalue weighted by molar-refractivity contribution is 6.20. The zero-order chi connectivity index (χ0) is 15.0. The molecule has 0 spiro atoms. The first-order valence-electron chi connectivity index (χ1n) is 7.09. The van der Waals surface area contributed by atoms with Crippen molar-refractivity contribution in [2.24, 2.45) is 7.05 Å². The number of alkyl halides is 1. The van der Waals surface area contributed by atoms with Crippen LogP contribution < -0.4 is 0 Å². The van der Waals surface area contributed by atoms with Crippen molar-refractivity contribution in [3.8, 4) is 0 Å². The van der Waals surface area contributed by atoms with Crippen molar-refractivity contribution < 1.29 is 0 Å². The third-order valence-electron chi connectivity index (χ3n) is 3.60.